The molecule has 0 spiro atoms. The Bertz CT molecular complexity index is 412. The van der Waals surface area contributed by atoms with Crippen molar-refractivity contribution in [2.24, 2.45) is 16.7 Å². The molecule has 100 valence electrons. The van der Waals surface area contributed by atoms with Gasteiger partial charge in [-0.15, -0.1) is 0 Å². The van der Waals surface area contributed by atoms with Crippen molar-refractivity contribution < 1.29 is 4.74 Å². The summed E-state index contributed by atoms with van der Waals surface area (Å²) < 4.78 is 8.28. The zero-order valence-corrected chi connectivity index (χ0v) is 11.7. The van der Waals surface area contributed by atoms with Crippen LogP contribution in [0.4, 0.5) is 0 Å². The van der Waals surface area contributed by atoms with Crippen molar-refractivity contribution in [2.75, 3.05) is 6.61 Å². The number of ether oxygens (including phenoxy) is 1. The maximum atomic E-state index is 6.20. The van der Waals surface area contributed by atoms with Gasteiger partial charge in [0.25, 0.3) is 0 Å². The number of fused-ring (bicyclic) bond motifs is 2. The minimum Gasteiger partial charge on any atom is -0.376 e. The lowest BCUT2D eigenvalue weighted by atomic mass is 9.70. The number of rotatable bonds is 4. The summed E-state index contributed by atoms with van der Waals surface area (Å²) in [6.07, 6.45) is 10.1. The second kappa shape index (κ2) is 4.09. The minimum atomic E-state index is 0.382. The lowest BCUT2D eigenvalue weighted by Crippen LogP contribution is -2.37. The molecule has 1 aromatic rings. The molecule has 0 N–H and O–H groups in total. The molecule has 3 unspecified atom stereocenters. The van der Waals surface area contributed by atoms with Crippen molar-refractivity contribution in [2.45, 2.75) is 52.7 Å². The Balaban J connectivity index is 1.59. The van der Waals surface area contributed by atoms with E-state index < -0.39 is 0 Å². The SMILES string of the molecule is CC1(C)C2CCC1(C)C(OCCn1ccnc1)C2. The zero-order valence-electron chi connectivity index (χ0n) is 11.7. The molecule has 3 rings (SSSR count). The van der Waals surface area contributed by atoms with E-state index in [0.29, 0.717) is 16.9 Å². The number of aromatic nitrogens is 2. The molecule has 1 aromatic heterocycles. The topological polar surface area (TPSA) is 27.1 Å². The molecule has 0 amide bonds. The first kappa shape index (κ1) is 12.2. The van der Waals surface area contributed by atoms with Crippen LogP contribution in [0.5, 0.6) is 0 Å². The highest BCUT2D eigenvalue weighted by molar-refractivity contribution is 5.11. The Morgan fingerprint density at radius 3 is 2.78 bits per heavy atom. The number of nitrogens with zero attached hydrogens (tertiary/aromatic N) is 2. The van der Waals surface area contributed by atoms with E-state index in [0.717, 1.165) is 19.1 Å². The second-order valence-corrected chi connectivity index (χ2v) is 6.77. The van der Waals surface area contributed by atoms with E-state index in [-0.39, 0.29) is 0 Å². The minimum absolute atomic E-state index is 0.382. The molecular formula is C15H24N2O. The van der Waals surface area contributed by atoms with Crippen LogP contribution in [0.25, 0.3) is 0 Å². The molecule has 2 aliphatic rings. The van der Waals surface area contributed by atoms with E-state index in [1.165, 1.54) is 19.3 Å². The van der Waals surface area contributed by atoms with Crippen LogP contribution < -0.4 is 0 Å². The van der Waals surface area contributed by atoms with Crippen molar-refractivity contribution in [1.82, 2.24) is 9.55 Å². The third kappa shape index (κ3) is 1.63. The van der Waals surface area contributed by atoms with Crippen LogP contribution >= 0.6 is 0 Å². The van der Waals surface area contributed by atoms with Crippen molar-refractivity contribution >= 4 is 0 Å². The van der Waals surface area contributed by atoms with E-state index in [4.69, 9.17) is 4.74 Å². The van der Waals surface area contributed by atoms with Crippen LogP contribution in [0.3, 0.4) is 0 Å². The lowest BCUT2D eigenvalue weighted by molar-refractivity contribution is -0.0488. The van der Waals surface area contributed by atoms with Crippen molar-refractivity contribution in [3.8, 4) is 0 Å². The Hall–Kier alpha value is -0.830. The van der Waals surface area contributed by atoms with Gasteiger partial charge in [-0.3, -0.25) is 0 Å². The Morgan fingerprint density at radius 1 is 1.39 bits per heavy atom. The van der Waals surface area contributed by atoms with Gasteiger partial charge in [-0.25, -0.2) is 4.98 Å². The summed E-state index contributed by atoms with van der Waals surface area (Å²) >= 11 is 0. The van der Waals surface area contributed by atoms with E-state index in [2.05, 4.69) is 30.3 Å². The molecule has 2 bridgehead atoms. The first-order valence-corrected chi connectivity index (χ1v) is 7.11. The lowest BCUT2D eigenvalue weighted by Gasteiger charge is -2.38. The fraction of sp³-hybridized carbons (Fsp3) is 0.800. The normalized spacial score (nSPS) is 37.3. The van der Waals surface area contributed by atoms with Crippen LogP contribution in [0.1, 0.15) is 40.0 Å². The fourth-order valence-corrected chi connectivity index (χ4v) is 4.10. The van der Waals surface area contributed by atoms with Gasteiger partial charge in [0.15, 0.2) is 0 Å². The summed E-state index contributed by atoms with van der Waals surface area (Å²) in [6, 6.07) is 0. The molecule has 0 radical (unpaired) electrons. The summed E-state index contributed by atoms with van der Waals surface area (Å²) in [5, 5.41) is 0. The first-order valence-electron chi connectivity index (χ1n) is 7.11. The number of hydrogen-bond acceptors (Lipinski definition) is 2. The Labute approximate surface area is 110 Å². The molecule has 0 saturated heterocycles. The predicted octanol–water partition coefficient (Wildman–Crippen LogP) is 3.11. The van der Waals surface area contributed by atoms with Gasteiger partial charge in [-0.1, -0.05) is 20.8 Å². The third-order valence-electron chi connectivity index (χ3n) is 5.94. The van der Waals surface area contributed by atoms with Crippen LogP contribution in [-0.2, 0) is 11.3 Å². The molecule has 3 heteroatoms. The van der Waals surface area contributed by atoms with Gasteiger partial charge in [-0.05, 0) is 36.0 Å². The zero-order chi connectivity index (χ0) is 12.8. The molecule has 18 heavy (non-hydrogen) atoms. The van der Waals surface area contributed by atoms with Crippen molar-refractivity contribution in [3.63, 3.8) is 0 Å². The van der Waals surface area contributed by atoms with Crippen LogP contribution in [0, 0.1) is 16.7 Å². The summed E-state index contributed by atoms with van der Waals surface area (Å²) in [5.74, 6) is 0.862. The average Bonchev–Trinajstić information content (AvgIpc) is 2.95. The quantitative estimate of drug-likeness (QED) is 0.818. The van der Waals surface area contributed by atoms with Crippen LogP contribution in [0.15, 0.2) is 18.7 Å². The fourth-order valence-electron chi connectivity index (χ4n) is 4.10. The second-order valence-electron chi connectivity index (χ2n) is 6.77. The van der Waals surface area contributed by atoms with E-state index in [9.17, 15) is 0 Å². The standard InChI is InChI=1S/C15H24N2O/c1-14(2)12-4-5-15(14,3)13(10-12)18-9-8-17-7-6-16-11-17/h6-7,11-13H,4-5,8-10H2,1-3H3. The van der Waals surface area contributed by atoms with Crippen LogP contribution in [-0.4, -0.2) is 22.3 Å². The first-order chi connectivity index (χ1) is 8.54. The van der Waals surface area contributed by atoms with Gasteiger partial charge >= 0.3 is 0 Å². The maximum Gasteiger partial charge on any atom is 0.0946 e. The molecule has 2 saturated carbocycles. The highest BCUT2D eigenvalue weighted by Gasteiger charge is 2.61. The molecule has 0 aliphatic heterocycles. The third-order valence-corrected chi connectivity index (χ3v) is 5.94. The van der Waals surface area contributed by atoms with E-state index in [1.807, 2.05) is 18.7 Å². The summed E-state index contributed by atoms with van der Waals surface area (Å²) in [7, 11) is 0. The van der Waals surface area contributed by atoms with E-state index in [1.54, 1.807) is 0 Å². The Morgan fingerprint density at radius 2 is 2.22 bits per heavy atom. The van der Waals surface area contributed by atoms with Gasteiger partial charge in [0, 0.05) is 18.9 Å². The average molecular weight is 248 g/mol. The highest BCUT2D eigenvalue weighted by atomic mass is 16.5. The number of imidazole rings is 1. The van der Waals surface area contributed by atoms with Gasteiger partial charge in [0.1, 0.15) is 0 Å². The van der Waals surface area contributed by atoms with E-state index >= 15 is 0 Å². The predicted molar refractivity (Wildman–Crippen MR) is 71.2 cm³/mol. The van der Waals surface area contributed by atoms with Gasteiger partial charge in [-0.2, -0.15) is 0 Å². The molecule has 2 fully saturated rings. The van der Waals surface area contributed by atoms with Crippen molar-refractivity contribution in [1.29, 1.82) is 0 Å². The molecule has 3 nitrogen and oxygen atoms in total. The monoisotopic (exact) mass is 248 g/mol. The maximum absolute atomic E-state index is 6.20. The molecular weight excluding hydrogens is 224 g/mol. The van der Waals surface area contributed by atoms with Gasteiger partial charge in [0.2, 0.25) is 0 Å². The summed E-state index contributed by atoms with van der Waals surface area (Å²) in [5.41, 5.74) is 0.833. The van der Waals surface area contributed by atoms with Crippen molar-refractivity contribution in [3.05, 3.63) is 18.7 Å². The smallest absolute Gasteiger partial charge is 0.0946 e. The summed E-state index contributed by atoms with van der Waals surface area (Å²) in [4.78, 5) is 4.05. The molecule has 1 heterocycles. The Kier molecular flexibility index (Phi) is 2.77. The molecule has 2 aliphatic carbocycles. The summed E-state index contributed by atoms with van der Waals surface area (Å²) in [6.45, 7) is 9.02. The highest BCUT2D eigenvalue weighted by Crippen LogP contribution is 2.66. The van der Waals surface area contributed by atoms with Gasteiger partial charge < -0.3 is 9.30 Å². The molecule has 3 atom stereocenters. The van der Waals surface area contributed by atoms with Crippen LogP contribution in [0.2, 0.25) is 0 Å². The van der Waals surface area contributed by atoms with Gasteiger partial charge in [0.05, 0.1) is 19.0 Å². The largest absolute Gasteiger partial charge is 0.376 e. The molecule has 0 aromatic carbocycles. The number of hydrogen-bond donors (Lipinski definition) is 0.